The molecule has 1 aliphatic rings. The number of hydrazine groups is 1. The largest absolute Gasteiger partial charge is 0.401 e. The van der Waals surface area contributed by atoms with Crippen molar-refractivity contribution in [3.8, 4) is 0 Å². The van der Waals surface area contributed by atoms with Crippen LogP contribution >= 0.6 is 0 Å². The van der Waals surface area contributed by atoms with Crippen molar-refractivity contribution in [2.24, 2.45) is 17.5 Å². The molecule has 4 rings (SSSR count). The van der Waals surface area contributed by atoms with Crippen LogP contribution in [-0.2, 0) is 16.9 Å². The molecule has 3 aromatic rings. The molecular formula is C24H31F2N5O2. The van der Waals surface area contributed by atoms with Gasteiger partial charge in [-0.1, -0.05) is 0 Å². The zero-order valence-corrected chi connectivity index (χ0v) is 19.5. The average molecular weight is 460 g/mol. The molecule has 7 nitrogen and oxygen atoms in total. The smallest absolute Gasteiger partial charge is 0.156 e. The third-order valence-corrected chi connectivity index (χ3v) is 6.27. The Morgan fingerprint density at radius 1 is 1.30 bits per heavy atom. The van der Waals surface area contributed by atoms with Gasteiger partial charge in [0, 0.05) is 49.6 Å². The van der Waals surface area contributed by atoms with E-state index in [1.54, 1.807) is 20.2 Å². The van der Waals surface area contributed by atoms with Gasteiger partial charge in [0.05, 0.1) is 33.4 Å². The number of nitrogens with two attached hydrogens (primary N) is 2. The number of nitrogens with zero attached hydrogens (tertiary/aromatic N) is 3. The average Bonchev–Trinajstić information content (AvgIpc) is 3.00. The predicted molar refractivity (Wildman–Crippen MR) is 125 cm³/mol. The number of hydrogen-bond donors (Lipinski definition) is 3. The standard InChI is InChI=1S/C24H31F2N5O2/c1-13(27)22(30(4)28)15-9-18-21(29-11-15)16-10-17(25)19(24(2,3)32)20(26)23(16)31(18)12-14-5-7-33-8-6-14/h9-11,14,32H,5-8,12,27-28H2,1-4H3/b22-13-. The molecule has 0 aliphatic carbocycles. The number of ether oxygens (including phenoxy) is 1. The fourth-order valence-electron chi connectivity index (χ4n) is 4.82. The highest BCUT2D eigenvalue weighted by atomic mass is 19.1. The monoisotopic (exact) mass is 459 g/mol. The normalized spacial score (nSPS) is 16.5. The van der Waals surface area contributed by atoms with Crippen molar-refractivity contribution in [2.75, 3.05) is 20.3 Å². The molecule has 0 spiro atoms. The highest BCUT2D eigenvalue weighted by Gasteiger charge is 2.30. The van der Waals surface area contributed by atoms with Gasteiger partial charge in [0.2, 0.25) is 0 Å². The van der Waals surface area contributed by atoms with Gasteiger partial charge in [-0.25, -0.2) is 14.6 Å². The molecule has 0 bridgehead atoms. The quantitative estimate of drug-likeness (QED) is 0.398. The number of hydrogen-bond acceptors (Lipinski definition) is 6. The van der Waals surface area contributed by atoms with Gasteiger partial charge in [-0.2, -0.15) is 0 Å². The lowest BCUT2D eigenvalue weighted by Gasteiger charge is -2.24. The van der Waals surface area contributed by atoms with E-state index in [0.717, 1.165) is 12.8 Å². The number of pyridine rings is 1. The van der Waals surface area contributed by atoms with Gasteiger partial charge in [-0.15, -0.1) is 0 Å². The van der Waals surface area contributed by atoms with Crippen molar-refractivity contribution in [2.45, 2.75) is 45.8 Å². The number of benzene rings is 1. The molecule has 0 unspecified atom stereocenters. The highest BCUT2D eigenvalue weighted by molar-refractivity contribution is 6.06. The molecular weight excluding hydrogens is 428 g/mol. The molecule has 0 amide bonds. The van der Waals surface area contributed by atoms with Gasteiger partial charge < -0.3 is 25.2 Å². The minimum Gasteiger partial charge on any atom is -0.401 e. The lowest BCUT2D eigenvalue weighted by atomic mass is 9.95. The molecule has 1 fully saturated rings. The summed E-state index contributed by atoms with van der Waals surface area (Å²) in [6.45, 7) is 6.30. The summed E-state index contributed by atoms with van der Waals surface area (Å²) >= 11 is 0. The Morgan fingerprint density at radius 2 is 1.97 bits per heavy atom. The van der Waals surface area contributed by atoms with E-state index in [-0.39, 0.29) is 17.0 Å². The van der Waals surface area contributed by atoms with E-state index >= 15 is 4.39 Å². The van der Waals surface area contributed by atoms with Crippen LogP contribution in [0.1, 0.15) is 44.7 Å². The lowest BCUT2D eigenvalue weighted by Crippen LogP contribution is -2.26. The van der Waals surface area contributed by atoms with Crippen LogP contribution in [0.4, 0.5) is 8.78 Å². The molecule has 9 heteroatoms. The molecule has 1 aliphatic heterocycles. The first kappa shape index (κ1) is 23.4. The van der Waals surface area contributed by atoms with Crippen molar-refractivity contribution >= 4 is 27.6 Å². The zero-order valence-electron chi connectivity index (χ0n) is 19.5. The SMILES string of the molecule is C/C(N)=C(\c1cnc2c3cc(F)c(C(C)(C)O)c(F)c3n(CC3CCOCC3)c2c1)N(C)N. The molecule has 0 saturated carbocycles. The maximum Gasteiger partial charge on any atom is 0.156 e. The first-order valence-electron chi connectivity index (χ1n) is 11.1. The summed E-state index contributed by atoms with van der Waals surface area (Å²) in [4.78, 5) is 4.57. The van der Waals surface area contributed by atoms with Crippen molar-refractivity contribution in [3.63, 3.8) is 0 Å². The number of allylic oxidation sites excluding steroid dienone is 1. The van der Waals surface area contributed by atoms with Crippen LogP contribution in [0.3, 0.4) is 0 Å². The molecule has 2 aromatic heterocycles. The van der Waals surface area contributed by atoms with E-state index in [2.05, 4.69) is 4.98 Å². The Bertz CT molecular complexity index is 1230. The second kappa shape index (κ2) is 8.55. The summed E-state index contributed by atoms with van der Waals surface area (Å²) < 4.78 is 38.2. The van der Waals surface area contributed by atoms with Gasteiger partial charge in [0.25, 0.3) is 0 Å². The molecule has 178 valence electrons. The number of fused-ring (bicyclic) bond motifs is 3. The Balaban J connectivity index is 2.05. The van der Waals surface area contributed by atoms with Gasteiger partial charge in [0.15, 0.2) is 5.82 Å². The Kier molecular flexibility index (Phi) is 6.07. The lowest BCUT2D eigenvalue weighted by molar-refractivity contribution is 0.0618. The first-order chi connectivity index (χ1) is 15.5. The van der Waals surface area contributed by atoms with Gasteiger partial charge in [-0.05, 0) is 51.7 Å². The van der Waals surface area contributed by atoms with Gasteiger partial charge >= 0.3 is 0 Å². The van der Waals surface area contributed by atoms with Crippen LogP contribution in [0.5, 0.6) is 0 Å². The third kappa shape index (κ3) is 4.16. The summed E-state index contributed by atoms with van der Waals surface area (Å²) in [5, 5.41) is 12.3. The Hall–Kier alpha value is -2.75. The van der Waals surface area contributed by atoms with Crippen molar-refractivity contribution in [3.05, 3.63) is 46.8 Å². The topological polar surface area (TPSA) is 103 Å². The van der Waals surface area contributed by atoms with Crippen molar-refractivity contribution in [1.29, 1.82) is 0 Å². The van der Waals surface area contributed by atoms with E-state index in [0.29, 0.717) is 53.1 Å². The van der Waals surface area contributed by atoms with Gasteiger partial charge in [-0.3, -0.25) is 4.98 Å². The Morgan fingerprint density at radius 3 is 2.55 bits per heavy atom. The van der Waals surface area contributed by atoms with Crippen molar-refractivity contribution in [1.82, 2.24) is 14.6 Å². The summed E-state index contributed by atoms with van der Waals surface area (Å²) in [5.74, 6) is 4.69. The minimum atomic E-state index is -1.68. The summed E-state index contributed by atoms with van der Waals surface area (Å²) in [6.07, 6.45) is 3.29. The van der Waals surface area contributed by atoms with Crippen molar-refractivity contribution < 1.29 is 18.6 Å². The van der Waals surface area contributed by atoms with E-state index in [1.165, 1.54) is 24.9 Å². The van der Waals surface area contributed by atoms with E-state index in [9.17, 15) is 9.50 Å². The third-order valence-electron chi connectivity index (χ3n) is 6.27. The number of halogens is 2. The van der Waals surface area contributed by atoms with Crippen LogP contribution in [0.15, 0.2) is 24.0 Å². The fourth-order valence-corrected chi connectivity index (χ4v) is 4.82. The molecule has 5 N–H and O–H groups in total. The number of aliphatic hydroxyl groups is 1. The van der Waals surface area contributed by atoms with Crippen LogP contribution in [0, 0.1) is 17.6 Å². The van der Waals surface area contributed by atoms with Gasteiger partial charge in [0.1, 0.15) is 5.82 Å². The minimum absolute atomic E-state index is 0.232. The van der Waals surface area contributed by atoms with E-state index < -0.39 is 17.2 Å². The van der Waals surface area contributed by atoms with Crippen LogP contribution < -0.4 is 11.6 Å². The number of aromatic nitrogens is 2. The van der Waals surface area contributed by atoms with E-state index in [4.69, 9.17) is 16.3 Å². The molecule has 33 heavy (non-hydrogen) atoms. The zero-order chi connectivity index (χ0) is 24.1. The highest BCUT2D eigenvalue weighted by Crippen LogP contribution is 2.38. The maximum absolute atomic E-state index is 15.9. The predicted octanol–water partition coefficient (Wildman–Crippen LogP) is 3.57. The summed E-state index contributed by atoms with van der Waals surface area (Å²) in [7, 11) is 1.68. The maximum atomic E-state index is 15.9. The second-order valence-corrected chi connectivity index (χ2v) is 9.40. The van der Waals surface area contributed by atoms with Crippen LogP contribution in [0.2, 0.25) is 0 Å². The fraction of sp³-hybridized carbons (Fsp3) is 0.458. The summed E-state index contributed by atoms with van der Waals surface area (Å²) in [5.41, 5.74) is 7.16. The molecule has 0 radical (unpaired) electrons. The molecule has 0 atom stereocenters. The Labute approximate surface area is 191 Å². The van der Waals surface area contributed by atoms with Crippen LogP contribution in [0.25, 0.3) is 27.6 Å². The van der Waals surface area contributed by atoms with E-state index in [1.807, 2.05) is 10.6 Å². The van der Waals surface area contributed by atoms with Crippen LogP contribution in [-0.4, -0.2) is 39.9 Å². The molecule has 3 heterocycles. The second-order valence-electron chi connectivity index (χ2n) is 9.40. The number of rotatable bonds is 5. The first-order valence-corrected chi connectivity index (χ1v) is 11.1. The molecule has 1 saturated heterocycles. The summed E-state index contributed by atoms with van der Waals surface area (Å²) in [6, 6.07) is 3.12. The molecule has 1 aromatic carbocycles.